The standard InChI is InChI=1S/C12H10S.Hf/c1-10-7-8-12(13-10)9-11-5-3-2-4-6-11;/h2-8H,1H3;/q;+2. The topological polar surface area (TPSA) is 0 Å². The summed E-state index contributed by atoms with van der Waals surface area (Å²) in [6.07, 6.45) is 0. The van der Waals surface area contributed by atoms with Gasteiger partial charge in [0.25, 0.3) is 0 Å². The molecule has 0 N–H and O–H groups in total. The van der Waals surface area contributed by atoms with Gasteiger partial charge in [-0.25, -0.2) is 0 Å². The first kappa shape index (κ1) is 10.2. The van der Waals surface area contributed by atoms with Crippen molar-refractivity contribution in [2.24, 2.45) is 0 Å². The van der Waals surface area contributed by atoms with Crippen molar-refractivity contribution in [3.05, 3.63) is 57.8 Å². The minimum absolute atomic E-state index is 1.10. The zero-order chi connectivity index (χ0) is 9.97. The van der Waals surface area contributed by atoms with Crippen LogP contribution in [0.4, 0.5) is 0 Å². The second kappa shape index (κ2) is 4.45. The Balaban J connectivity index is 2.34. The van der Waals surface area contributed by atoms with Crippen molar-refractivity contribution in [3.8, 4) is 0 Å². The first-order valence-electron chi connectivity index (χ1n) is 4.48. The zero-order valence-electron chi connectivity index (χ0n) is 7.95. The van der Waals surface area contributed by atoms with Crippen molar-refractivity contribution in [2.75, 3.05) is 0 Å². The normalized spacial score (nSPS) is 10.2. The summed E-state index contributed by atoms with van der Waals surface area (Å²) in [4.78, 5) is 2.82. The van der Waals surface area contributed by atoms with Crippen molar-refractivity contribution in [2.45, 2.75) is 6.92 Å². The quantitative estimate of drug-likeness (QED) is 0.718. The predicted molar refractivity (Wildman–Crippen MR) is 58.7 cm³/mol. The summed E-state index contributed by atoms with van der Waals surface area (Å²) in [6.45, 7) is 2.16. The van der Waals surface area contributed by atoms with Crippen LogP contribution >= 0.6 is 11.3 Å². The van der Waals surface area contributed by atoms with Crippen molar-refractivity contribution in [1.29, 1.82) is 0 Å². The molecule has 0 amide bonds. The fourth-order valence-electron chi connectivity index (χ4n) is 1.32. The third-order valence-electron chi connectivity index (χ3n) is 2.05. The van der Waals surface area contributed by atoms with E-state index in [1.165, 1.54) is 18.6 Å². The third kappa shape index (κ3) is 2.18. The van der Waals surface area contributed by atoms with Crippen LogP contribution in [0.2, 0.25) is 0 Å². The van der Waals surface area contributed by atoms with Gasteiger partial charge >= 0.3 is 103 Å². The molecule has 0 saturated heterocycles. The van der Waals surface area contributed by atoms with Crippen LogP contribution in [0, 0.1) is 6.92 Å². The van der Waals surface area contributed by atoms with Crippen molar-refractivity contribution >= 4 is 14.6 Å². The summed E-state index contributed by atoms with van der Waals surface area (Å²) >= 11 is 2.99. The first-order valence-corrected chi connectivity index (χ1v) is 7.09. The van der Waals surface area contributed by atoms with Crippen LogP contribution in [-0.2, 0) is 23.9 Å². The van der Waals surface area contributed by atoms with Crippen LogP contribution < -0.4 is 0 Å². The Morgan fingerprint density at radius 3 is 2.36 bits per heavy atom. The molecule has 2 heteroatoms. The van der Waals surface area contributed by atoms with Gasteiger partial charge in [-0.1, -0.05) is 0 Å². The van der Waals surface area contributed by atoms with E-state index in [0.29, 0.717) is 0 Å². The van der Waals surface area contributed by atoms with E-state index in [0.717, 1.165) is 23.9 Å². The van der Waals surface area contributed by atoms with Gasteiger partial charge in [-0.05, 0) is 0 Å². The number of benzene rings is 1. The van der Waals surface area contributed by atoms with Gasteiger partial charge in [-0.15, -0.1) is 0 Å². The van der Waals surface area contributed by atoms with E-state index in [-0.39, 0.29) is 0 Å². The molecule has 0 nitrogen and oxygen atoms in total. The van der Waals surface area contributed by atoms with E-state index in [1.807, 2.05) is 11.3 Å². The van der Waals surface area contributed by atoms with E-state index >= 15 is 0 Å². The van der Waals surface area contributed by atoms with E-state index < -0.39 is 0 Å². The molecule has 1 aromatic carbocycles. The molecule has 1 heterocycles. The first-order chi connectivity index (χ1) is 6.77. The molecule has 0 aliphatic heterocycles. The van der Waals surface area contributed by atoms with E-state index in [9.17, 15) is 0 Å². The van der Waals surface area contributed by atoms with E-state index in [1.54, 1.807) is 0 Å². The van der Waals surface area contributed by atoms with Gasteiger partial charge in [-0.2, -0.15) is 0 Å². The molecule has 0 fully saturated rings. The van der Waals surface area contributed by atoms with Gasteiger partial charge in [0, 0.05) is 0 Å². The monoisotopic (exact) mass is 366 g/mol. The van der Waals surface area contributed by atoms with Crippen LogP contribution in [0.3, 0.4) is 0 Å². The molecule has 66 valence electrons. The van der Waals surface area contributed by atoms with Gasteiger partial charge in [0.2, 0.25) is 0 Å². The Labute approximate surface area is 103 Å². The number of thiophene rings is 1. The van der Waals surface area contributed by atoms with Crippen molar-refractivity contribution < 1.29 is 23.9 Å². The predicted octanol–water partition coefficient (Wildman–Crippen LogP) is 3.17. The van der Waals surface area contributed by atoms with Gasteiger partial charge in [0.05, 0.1) is 0 Å². The second-order valence-electron chi connectivity index (χ2n) is 3.15. The van der Waals surface area contributed by atoms with E-state index in [4.69, 9.17) is 0 Å². The Hall–Kier alpha value is -0.340. The molecule has 2 aromatic rings. The minimum atomic E-state index is 1.10. The molecule has 0 aliphatic carbocycles. The molecule has 0 saturated carbocycles. The Morgan fingerprint density at radius 2 is 1.79 bits per heavy atom. The van der Waals surface area contributed by atoms with Gasteiger partial charge in [0.15, 0.2) is 0 Å². The number of hydrogen-bond acceptors (Lipinski definition) is 1. The molecule has 1 aromatic heterocycles. The van der Waals surface area contributed by atoms with Crippen molar-refractivity contribution in [1.82, 2.24) is 0 Å². The number of rotatable bonds is 2. The molecule has 0 atom stereocenters. The SMILES string of the molecule is Cc1ccc([C](=[Hf+2])c2ccccc2)s1. The van der Waals surface area contributed by atoms with Gasteiger partial charge < -0.3 is 0 Å². The summed E-state index contributed by atoms with van der Waals surface area (Å²) in [5.41, 5.74) is 1.38. The Kier molecular flexibility index (Phi) is 3.24. The zero-order valence-corrected chi connectivity index (χ0v) is 12.4. The molecule has 0 bridgehead atoms. The molecular weight excluding hydrogens is 355 g/mol. The summed E-state index contributed by atoms with van der Waals surface area (Å²) < 4.78 is 1.50. The number of aryl methyl sites for hydroxylation is 1. The average Bonchev–Trinajstić information content (AvgIpc) is 2.65. The van der Waals surface area contributed by atoms with Crippen LogP contribution in [0.25, 0.3) is 0 Å². The summed E-state index contributed by atoms with van der Waals surface area (Å²) in [5, 5.41) is 0. The van der Waals surface area contributed by atoms with Crippen LogP contribution in [0.1, 0.15) is 15.3 Å². The van der Waals surface area contributed by atoms with Crippen LogP contribution in [0.15, 0.2) is 42.5 Å². The summed E-state index contributed by atoms with van der Waals surface area (Å²) in [5.74, 6) is 0. The molecule has 2 rings (SSSR count). The molecule has 0 aliphatic rings. The van der Waals surface area contributed by atoms with Crippen LogP contribution in [-0.4, -0.2) is 3.26 Å². The fraction of sp³-hybridized carbons (Fsp3) is 0.0833. The molecule has 14 heavy (non-hydrogen) atoms. The van der Waals surface area contributed by atoms with Gasteiger partial charge in [-0.3, -0.25) is 0 Å². The Morgan fingerprint density at radius 1 is 1.07 bits per heavy atom. The summed E-state index contributed by atoms with van der Waals surface area (Å²) in [7, 11) is 0. The van der Waals surface area contributed by atoms with Crippen LogP contribution in [0.5, 0.6) is 0 Å². The average molecular weight is 365 g/mol. The molecule has 0 unspecified atom stereocenters. The summed E-state index contributed by atoms with van der Waals surface area (Å²) in [6, 6.07) is 15.1. The van der Waals surface area contributed by atoms with Crippen molar-refractivity contribution in [3.63, 3.8) is 0 Å². The maximum absolute atomic E-state index is 2.23. The maximum atomic E-state index is 2.23. The van der Waals surface area contributed by atoms with E-state index in [2.05, 4.69) is 49.4 Å². The second-order valence-corrected chi connectivity index (χ2v) is 6.24. The third-order valence-corrected chi connectivity index (χ3v) is 5.72. The van der Waals surface area contributed by atoms with Gasteiger partial charge in [0.1, 0.15) is 0 Å². The number of hydrogen-bond donors (Lipinski definition) is 0. The fourth-order valence-corrected chi connectivity index (χ4v) is 3.60. The molecule has 0 radical (unpaired) electrons. The molecule has 0 spiro atoms. The molecular formula is C12H10HfS+2. The Bertz CT molecular complexity index is 442.